The van der Waals surface area contributed by atoms with Crippen molar-refractivity contribution in [1.82, 2.24) is 0 Å². The number of Topliss-reactive ketones (excluding diaryl/α,β-unsaturated/α-hetero) is 2. The standard InChI is InChI=1S/C16H14O6S/c1-11(17)13-5-3-7-15(9-13)21-23(19,20)22-16-8-4-6-14(10-16)12(2)18/h3-10H,1-2H3. The predicted molar refractivity (Wildman–Crippen MR) is 83.1 cm³/mol. The molecule has 2 aromatic rings. The van der Waals surface area contributed by atoms with E-state index in [4.69, 9.17) is 8.37 Å². The summed E-state index contributed by atoms with van der Waals surface area (Å²) in [6.45, 7) is 2.72. The van der Waals surface area contributed by atoms with Crippen molar-refractivity contribution in [3.05, 3.63) is 59.7 Å². The molecule has 0 bridgehead atoms. The van der Waals surface area contributed by atoms with Crippen LogP contribution >= 0.6 is 0 Å². The summed E-state index contributed by atoms with van der Waals surface area (Å²) >= 11 is 0. The lowest BCUT2D eigenvalue weighted by Gasteiger charge is -2.09. The zero-order valence-corrected chi connectivity index (χ0v) is 13.3. The van der Waals surface area contributed by atoms with Crippen molar-refractivity contribution in [3.63, 3.8) is 0 Å². The second-order valence-electron chi connectivity index (χ2n) is 4.74. The molecule has 23 heavy (non-hydrogen) atoms. The van der Waals surface area contributed by atoms with Crippen LogP contribution in [0.1, 0.15) is 34.6 Å². The zero-order valence-electron chi connectivity index (χ0n) is 12.5. The Morgan fingerprint density at radius 2 is 1.17 bits per heavy atom. The zero-order chi connectivity index (χ0) is 17.0. The van der Waals surface area contributed by atoms with Gasteiger partial charge in [-0.25, -0.2) is 0 Å². The molecular weight excluding hydrogens is 320 g/mol. The van der Waals surface area contributed by atoms with Crippen LogP contribution in [0.3, 0.4) is 0 Å². The lowest BCUT2D eigenvalue weighted by molar-refractivity contribution is 0.100. The Hall–Kier alpha value is -2.67. The van der Waals surface area contributed by atoms with Crippen molar-refractivity contribution in [3.8, 4) is 11.5 Å². The van der Waals surface area contributed by atoms with Crippen LogP contribution in [0.25, 0.3) is 0 Å². The van der Waals surface area contributed by atoms with Crippen molar-refractivity contribution in [2.24, 2.45) is 0 Å². The van der Waals surface area contributed by atoms with E-state index in [1.54, 1.807) is 12.1 Å². The number of hydrogen-bond acceptors (Lipinski definition) is 6. The highest BCUT2D eigenvalue weighted by Gasteiger charge is 2.17. The number of carbonyl (C=O) groups is 2. The van der Waals surface area contributed by atoms with Gasteiger partial charge in [0.2, 0.25) is 0 Å². The number of rotatable bonds is 6. The lowest BCUT2D eigenvalue weighted by atomic mass is 10.1. The molecule has 0 heterocycles. The van der Waals surface area contributed by atoms with Gasteiger partial charge in [-0.05, 0) is 38.1 Å². The molecule has 2 rings (SSSR count). The molecule has 0 aliphatic carbocycles. The van der Waals surface area contributed by atoms with Gasteiger partial charge in [0.25, 0.3) is 0 Å². The Labute approximate surface area is 134 Å². The quantitative estimate of drug-likeness (QED) is 0.755. The molecule has 6 nitrogen and oxygen atoms in total. The van der Waals surface area contributed by atoms with Gasteiger partial charge in [0.05, 0.1) is 0 Å². The number of hydrogen-bond donors (Lipinski definition) is 0. The average Bonchev–Trinajstić information content (AvgIpc) is 2.46. The van der Waals surface area contributed by atoms with Gasteiger partial charge >= 0.3 is 10.4 Å². The molecule has 2 aromatic carbocycles. The first-order valence-electron chi connectivity index (χ1n) is 6.63. The molecule has 0 atom stereocenters. The highest BCUT2D eigenvalue weighted by atomic mass is 32.3. The summed E-state index contributed by atoms with van der Waals surface area (Å²) < 4.78 is 33.5. The first-order valence-corrected chi connectivity index (χ1v) is 7.96. The van der Waals surface area contributed by atoms with Gasteiger partial charge in [0.15, 0.2) is 11.6 Å². The predicted octanol–water partition coefficient (Wildman–Crippen LogP) is 2.79. The molecule has 0 spiro atoms. The largest absolute Gasteiger partial charge is 0.500 e. The van der Waals surface area contributed by atoms with E-state index in [9.17, 15) is 18.0 Å². The highest BCUT2D eigenvalue weighted by Crippen LogP contribution is 2.20. The Balaban J connectivity index is 2.19. The van der Waals surface area contributed by atoms with Crippen molar-refractivity contribution in [2.75, 3.05) is 0 Å². The molecule has 0 saturated heterocycles. The normalized spacial score (nSPS) is 10.9. The molecule has 0 amide bonds. The first kappa shape index (κ1) is 16.7. The summed E-state index contributed by atoms with van der Waals surface area (Å²) in [6.07, 6.45) is 0. The van der Waals surface area contributed by atoms with Crippen LogP contribution in [0, 0.1) is 0 Å². The second kappa shape index (κ2) is 6.62. The molecular formula is C16H14O6S. The lowest BCUT2D eigenvalue weighted by Crippen LogP contribution is -2.16. The van der Waals surface area contributed by atoms with Gasteiger partial charge in [-0.15, -0.1) is 8.42 Å². The van der Waals surface area contributed by atoms with Gasteiger partial charge in [0.1, 0.15) is 11.5 Å². The third-order valence-corrected chi connectivity index (χ3v) is 3.67. The van der Waals surface area contributed by atoms with Crippen LogP contribution in [0.2, 0.25) is 0 Å². The summed E-state index contributed by atoms with van der Waals surface area (Å²) in [6, 6.07) is 11.5. The van der Waals surface area contributed by atoms with E-state index in [-0.39, 0.29) is 23.1 Å². The number of benzene rings is 2. The molecule has 0 aliphatic rings. The minimum absolute atomic E-state index is 0.0413. The average molecular weight is 334 g/mol. The maximum Gasteiger partial charge on any atom is 0.500 e. The van der Waals surface area contributed by atoms with Gasteiger partial charge in [-0.3, -0.25) is 9.59 Å². The summed E-state index contributed by atoms with van der Waals surface area (Å²) in [5.41, 5.74) is 0.632. The monoisotopic (exact) mass is 334 g/mol. The third kappa shape index (κ3) is 4.65. The van der Waals surface area contributed by atoms with E-state index in [2.05, 4.69) is 0 Å². The van der Waals surface area contributed by atoms with Gasteiger partial charge in [-0.1, -0.05) is 24.3 Å². The van der Waals surface area contributed by atoms with Crippen LogP contribution in [-0.4, -0.2) is 20.0 Å². The molecule has 0 aliphatic heterocycles. The van der Waals surface area contributed by atoms with Crippen LogP contribution in [0.5, 0.6) is 11.5 Å². The SMILES string of the molecule is CC(=O)c1cccc(OS(=O)(=O)Oc2cccc(C(C)=O)c2)c1. The maximum atomic E-state index is 11.9. The Morgan fingerprint density at radius 1 is 0.783 bits per heavy atom. The van der Waals surface area contributed by atoms with Crippen molar-refractivity contribution in [1.29, 1.82) is 0 Å². The summed E-state index contributed by atoms with van der Waals surface area (Å²) in [4.78, 5) is 22.6. The third-order valence-electron chi connectivity index (χ3n) is 2.88. The summed E-state index contributed by atoms with van der Waals surface area (Å²) in [5.74, 6) is -0.522. The van der Waals surface area contributed by atoms with Crippen LogP contribution < -0.4 is 8.37 Å². The van der Waals surface area contributed by atoms with Crippen LogP contribution in [0.15, 0.2) is 48.5 Å². The Bertz CT molecular complexity index is 789. The fraction of sp³-hybridized carbons (Fsp3) is 0.125. The second-order valence-corrected chi connectivity index (χ2v) is 5.89. The highest BCUT2D eigenvalue weighted by molar-refractivity contribution is 7.82. The first-order chi connectivity index (χ1) is 10.8. The van der Waals surface area contributed by atoms with E-state index in [1.807, 2.05) is 0 Å². The smallest absolute Gasteiger partial charge is 0.353 e. The molecule has 0 radical (unpaired) electrons. The van der Waals surface area contributed by atoms with Crippen LogP contribution in [-0.2, 0) is 10.4 Å². The molecule has 120 valence electrons. The molecule has 0 aromatic heterocycles. The maximum absolute atomic E-state index is 11.9. The fourth-order valence-electron chi connectivity index (χ4n) is 1.79. The molecule has 7 heteroatoms. The Morgan fingerprint density at radius 3 is 1.52 bits per heavy atom. The van der Waals surface area contributed by atoms with Crippen molar-refractivity contribution in [2.45, 2.75) is 13.8 Å². The van der Waals surface area contributed by atoms with E-state index < -0.39 is 10.4 Å². The number of ketones is 2. The van der Waals surface area contributed by atoms with Gasteiger partial charge in [-0.2, -0.15) is 0 Å². The van der Waals surface area contributed by atoms with Crippen molar-refractivity contribution < 1.29 is 26.4 Å². The molecule has 0 saturated carbocycles. The topological polar surface area (TPSA) is 86.7 Å². The van der Waals surface area contributed by atoms with Crippen LogP contribution in [0.4, 0.5) is 0 Å². The fourth-order valence-corrected chi connectivity index (χ4v) is 2.50. The number of carbonyl (C=O) groups excluding carboxylic acids is 2. The van der Waals surface area contributed by atoms with Gasteiger partial charge < -0.3 is 8.37 Å². The van der Waals surface area contributed by atoms with E-state index in [1.165, 1.54) is 50.2 Å². The molecule has 0 unspecified atom stereocenters. The van der Waals surface area contributed by atoms with E-state index >= 15 is 0 Å². The molecule has 0 N–H and O–H groups in total. The summed E-state index contributed by atoms with van der Waals surface area (Å²) in [7, 11) is -4.40. The minimum Gasteiger partial charge on any atom is -0.353 e. The van der Waals surface area contributed by atoms with Gasteiger partial charge in [0, 0.05) is 11.1 Å². The molecule has 0 fully saturated rings. The summed E-state index contributed by atoms with van der Waals surface area (Å²) in [5, 5.41) is 0. The van der Waals surface area contributed by atoms with E-state index in [0.717, 1.165) is 0 Å². The van der Waals surface area contributed by atoms with E-state index in [0.29, 0.717) is 11.1 Å². The minimum atomic E-state index is -4.40. The van der Waals surface area contributed by atoms with Crippen molar-refractivity contribution >= 4 is 22.0 Å². The Kier molecular flexibility index (Phi) is 4.80.